The van der Waals surface area contributed by atoms with Gasteiger partial charge in [-0.1, -0.05) is 0 Å². The van der Waals surface area contributed by atoms with E-state index in [4.69, 9.17) is 20.2 Å². The summed E-state index contributed by atoms with van der Waals surface area (Å²) in [4.78, 5) is 32.8. The zero-order valence-corrected chi connectivity index (χ0v) is 18.4. The van der Waals surface area contributed by atoms with Crippen molar-refractivity contribution in [3.05, 3.63) is 41.3 Å². The minimum Gasteiger partial charge on any atom is -0.497 e. The molecule has 8 heteroatoms. The fourth-order valence-electron chi connectivity index (χ4n) is 3.80. The number of anilines is 1. The van der Waals surface area contributed by atoms with E-state index in [1.54, 1.807) is 18.9 Å². The van der Waals surface area contributed by atoms with Gasteiger partial charge in [0.05, 0.1) is 31.0 Å². The molecule has 1 aliphatic rings. The summed E-state index contributed by atoms with van der Waals surface area (Å²) in [5.41, 5.74) is 8.56. The van der Waals surface area contributed by atoms with Gasteiger partial charge in [0, 0.05) is 24.0 Å². The lowest BCUT2D eigenvalue weighted by Crippen LogP contribution is -2.40. The molecule has 1 aromatic carbocycles. The van der Waals surface area contributed by atoms with E-state index in [-0.39, 0.29) is 17.8 Å². The number of nitrogens with two attached hydrogens (primary N) is 1. The van der Waals surface area contributed by atoms with Crippen LogP contribution in [0.1, 0.15) is 29.4 Å². The molecule has 3 aromatic rings. The number of thiophene rings is 1. The lowest BCUT2D eigenvalue weighted by Gasteiger charge is -2.30. The Morgan fingerprint density at radius 3 is 2.52 bits per heavy atom. The maximum absolute atomic E-state index is 13.1. The number of piperidine rings is 1. The smallest absolute Gasteiger partial charge is 0.309 e. The van der Waals surface area contributed by atoms with Crippen LogP contribution >= 0.6 is 11.3 Å². The number of pyridine rings is 1. The fraction of sp³-hybridized carbons (Fsp3) is 0.348. The zero-order chi connectivity index (χ0) is 22.0. The maximum Gasteiger partial charge on any atom is 0.309 e. The molecule has 1 aliphatic heterocycles. The molecule has 0 atom stereocenters. The van der Waals surface area contributed by atoms with Crippen molar-refractivity contribution in [2.24, 2.45) is 5.92 Å². The molecule has 1 amide bonds. The Hall–Kier alpha value is -3.13. The molecule has 0 saturated carbocycles. The minimum atomic E-state index is -0.175. The van der Waals surface area contributed by atoms with Crippen LogP contribution in [0.4, 0.5) is 5.69 Å². The van der Waals surface area contributed by atoms with E-state index in [0.717, 1.165) is 27.2 Å². The summed E-state index contributed by atoms with van der Waals surface area (Å²) in [5.74, 6) is 0.363. The number of ether oxygens (including phenoxy) is 2. The van der Waals surface area contributed by atoms with E-state index in [9.17, 15) is 9.59 Å². The van der Waals surface area contributed by atoms with E-state index in [0.29, 0.717) is 43.1 Å². The molecular formula is C23H25N3O4S. The second kappa shape index (κ2) is 8.93. The van der Waals surface area contributed by atoms with Crippen LogP contribution in [0.25, 0.3) is 21.5 Å². The average molecular weight is 440 g/mol. The number of nitrogens with zero attached hydrogens (tertiary/aromatic N) is 2. The first-order valence-corrected chi connectivity index (χ1v) is 11.1. The van der Waals surface area contributed by atoms with Gasteiger partial charge in [-0.25, -0.2) is 4.98 Å². The van der Waals surface area contributed by atoms with Crippen LogP contribution in [0.15, 0.2) is 36.4 Å². The number of rotatable bonds is 5. The third kappa shape index (κ3) is 4.20. The Morgan fingerprint density at radius 1 is 1.16 bits per heavy atom. The van der Waals surface area contributed by atoms with Crippen LogP contribution in [0.5, 0.6) is 5.75 Å². The van der Waals surface area contributed by atoms with E-state index in [1.807, 2.05) is 36.4 Å². The Bertz CT molecular complexity index is 1100. The molecule has 0 unspecified atom stereocenters. The molecule has 0 radical (unpaired) electrons. The van der Waals surface area contributed by atoms with Crippen LogP contribution in [-0.2, 0) is 9.53 Å². The second-order valence-corrected chi connectivity index (χ2v) is 8.44. The molecule has 0 bridgehead atoms. The highest BCUT2D eigenvalue weighted by atomic mass is 32.1. The van der Waals surface area contributed by atoms with E-state index in [2.05, 4.69) is 0 Å². The summed E-state index contributed by atoms with van der Waals surface area (Å²) in [6.45, 7) is 3.21. The number of amides is 1. The molecule has 0 spiro atoms. The average Bonchev–Trinajstić information content (AvgIpc) is 3.14. The van der Waals surface area contributed by atoms with E-state index in [1.165, 1.54) is 11.3 Å². The molecule has 3 heterocycles. The fourth-order valence-corrected chi connectivity index (χ4v) is 4.86. The van der Waals surface area contributed by atoms with Gasteiger partial charge in [0.25, 0.3) is 5.91 Å². The highest BCUT2D eigenvalue weighted by Crippen LogP contribution is 2.36. The van der Waals surface area contributed by atoms with Crippen LogP contribution in [0.2, 0.25) is 0 Å². The monoisotopic (exact) mass is 439 g/mol. The van der Waals surface area contributed by atoms with Crippen molar-refractivity contribution in [2.45, 2.75) is 19.8 Å². The van der Waals surface area contributed by atoms with Crippen LogP contribution in [0, 0.1) is 5.92 Å². The van der Waals surface area contributed by atoms with Crippen molar-refractivity contribution in [3.8, 4) is 17.0 Å². The molecule has 31 heavy (non-hydrogen) atoms. The zero-order valence-electron chi connectivity index (χ0n) is 17.6. The summed E-state index contributed by atoms with van der Waals surface area (Å²) in [5, 5.41) is 0.784. The third-order valence-electron chi connectivity index (χ3n) is 5.58. The van der Waals surface area contributed by atoms with E-state index >= 15 is 0 Å². The number of carbonyl (C=O) groups is 2. The first kappa shape index (κ1) is 21.1. The van der Waals surface area contributed by atoms with E-state index < -0.39 is 0 Å². The normalized spacial score (nSPS) is 14.6. The van der Waals surface area contributed by atoms with Gasteiger partial charge in [-0.15, -0.1) is 11.3 Å². The van der Waals surface area contributed by atoms with Gasteiger partial charge < -0.3 is 20.1 Å². The van der Waals surface area contributed by atoms with Gasteiger partial charge >= 0.3 is 5.97 Å². The van der Waals surface area contributed by atoms with Gasteiger partial charge in [-0.3, -0.25) is 9.59 Å². The molecule has 0 aliphatic carbocycles. The van der Waals surface area contributed by atoms with Crippen molar-refractivity contribution in [1.29, 1.82) is 0 Å². The number of likely N-dealkylation sites (tertiary alicyclic amines) is 1. The number of fused-ring (bicyclic) bond motifs is 1. The van der Waals surface area contributed by atoms with Gasteiger partial charge in [0.2, 0.25) is 0 Å². The SMILES string of the molecule is CCOC(=O)C1CCN(C(=O)c2sc3nc(-c4ccc(OC)cc4)ccc3c2N)CC1. The molecule has 162 valence electrons. The van der Waals surface area contributed by atoms with Gasteiger partial charge in [-0.05, 0) is 56.2 Å². The molecule has 1 saturated heterocycles. The van der Waals surface area contributed by atoms with Crippen LogP contribution in [0.3, 0.4) is 0 Å². The summed E-state index contributed by atoms with van der Waals surface area (Å²) < 4.78 is 10.3. The number of nitrogen functional groups attached to an aromatic ring is 1. The Balaban J connectivity index is 1.53. The third-order valence-corrected chi connectivity index (χ3v) is 6.68. The van der Waals surface area contributed by atoms with Crippen molar-refractivity contribution in [1.82, 2.24) is 9.88 Å². The number of methoxy groups -OCH3 is 1. The number of benzene rings is 1. The van der Waals surface area contributed by atoms with Crippen molar-refractivity contribution < 1.29 is 19.1 Å². The summed E-state index contributed by atoms with van der Waals surface area (Å²) in [6.07, 6.45) is 1.21. The van der Waals surface area contributed by atoms with Gasteiger partial charge in [0.15, 0.2) is 0 Å². The van der Waals surface area contributed by atoms with Gasteiger partial charge in [-0.2, -0.15) is 0 Å². The Labute approximate surface area is 184 Å². The molecule has 2 N–H and O–H groups in total. The number of esters is 1. The van der Waals surface area contributed by atoms with Crippen LogP contribution in [-0.4, -0.2) is 48.6 Å². The van der Waals surface area contributed by atoms with Crippen molar-refractivity contribution in [2.75, 3.05) is 32.5 Å². The summed E-state index contributed by atoms with van der Waals surface area (Å²) >= 11 is 1.31. The maximum atomic E-state index is 13.1. The molecular weight excluding hydrogens is 414 g/mol. The topological polar surface area (TPSA) is 94.8 Å². The molecule has 4 rings (SSSR count). The predicted octanol–water partition coefficient (Wildman–Crippen LogP) is 3.97. The standard InChI is InChI=1S/C23H25N3O4S/c1-3-30-23(28)15-10-12-26(13-11-15)22(27)20-19(24)17-8-9-18(25-21(17)31-20)14-4-6-16(29-2)7-5-14/h4-9,15H,3,10-13,24H2,1-2H3. The number of hydrogen-bond donors (Lipinski definition) is 1. The van der Waals surface area contributed by atoms with Crippen molar-refractivity contribution >= 4 is 39.1 Å². The first-order valence-electron chi connectivity index (χ1n) is 10.3. The van der Waals surface area contributed by atoms with Gasteiger partial charge in [0.1, 0.15) is 15.5 Å². The Morgan fingerprint density at radius 2 is 1.87 bits per heavy atom. The second-order valence-electron chi connectivity index (χ2n) is 7.44. The highest BCUT2D eigenvalue weighted by molar-refractivity contribution is 7.21. The molecule has 2 aromatic heterocycles. The largest absolute Gasteiger partial charge is 0.497 e. The first-order chi connectivity index (χ1) is 15.0. The lowest BCUT2D eigenvalue weighted by atomic mass is 9.97. The molecule has 7 nitrogen and oxygen atoms in total. The number of carbonyl (C=O) groups excluding carboxylic acids is 2. The quantitative estimate of drug-likeness (QED) is 0.605. The minimum absolute atomic E-state index is 0.103. The summed E-state index contributed by atoms with van der Waals surface area (Å²) in [7, 11) is 1.63. The number of aromatic nitrogens is 1. The molecule has 1 fully saturated rings. The van der Waals surface area contributed by atoms with Crippen molar-refractivity contribution in [3.63, 3.8) is 0 Å². The lowest BCUT2D eigenvalue weighted by molar-refractivity contribution is -0.149. The number of hydrogen-bond acceptors (Lipinski definition) is 7. The Kier molecular flexibility index (Phi) is 6.08. The van der Waals surface area contributed by atoms with Crippen LogP contribution < -0.4 is 10.5 Å². The predicted molar refractivity (Wildman–Crippen MR) is 121 cm³/mol. The highest BCUT2D eigenvalue weighted by Gasteiger charge is 2.30. The summed E-state index contributed by atoms with van der Waals surface area (Å²) in [6, 6.07) is 11.5.